The van der Waals surface area contributed by atoms with E-state index in [1.807, 2.05) is 0 Å². The Morgan fingerprint density at radius 1 is 1.14 bits per heavy atom. The average Bonchev–Trinajstić information content (AvgIpc) is 2.91. The lowest BCUT2D eigenvalue weighted by atomic mass is 10.1. The molecule has 0 aliphatic heterocycles. The maximum Gasteiger partial charge on any atom is 0.184 e. The second-order valence-corrected chi connectivity index (χ2v) is 5.23. The number of halogens is 1. The van der Waals surface area contributed by atoms with E-state index in [-0.39, 0.29) is 0 Å². The highest BCUT2D eigenvalue weighted by Crippen LogP contribution is 2.22. The zero-order chi connectivity index (χ0) is 15.1. The minimum absolute atomic E-state index is 0.389. The molecule has 114 valence electrons. The number of aromatic nitrogens is 4. The molecule has 2 rings (SSSR count). The van der Waals surface area contributed by atoms with Crippen molar-refractivity contribution in [2.45, 2.75) is 52.0 Å². The SMILES string of the molecule is CCCCCCCCn1nnnc1-c1ccc(N)cc1F. The largest absolute Gasteiger partial charge is 0.399 e. The van der Waals surface area contributed by atoms with Crippen LogP contribution < -0.4 is 5.73 Å². The van der Waals surface area contributed by atoms with Gasteiger partial charge in [-0.15, -0.1) is 5.10 Å². The third-order valence-corrected chi connectivity index (χ3v) is 3.49. The fraction of sp³-hybridized carbons (Fsp3) is 0.533. The van der Waals surface area contributed by atoms with Gasteiger partial charge in [0.15, 0.2) is 5.82 Å². The van der Waals surface area contributed by atoms with Gasteiger partial charge in [-0.1, -0.05) is 39.0 Å². The van der Waals surface area contributed by atoms with Gasteiger partial charge >= 0.3 is 0 Å². The number of tetrazole rings is 1. The van der Waals surface area contributed by atoms with Gasteiger partial charge in [0.1, 0.15) is 5.82 Å². The molecule has 0 aliphatic carbocycles. The van der Waals surface area contributed by atoms with Crippen LogP contribution in [-0.2, 0) is 6.54 Å². The van der Waals surface area contributed by atoms with Gasteiger partial charge in [-0.2, -0.15) is 0 Å². The lowest BCUT2D eigenvalue weighted by Gasteiger charge is -2.06. The Hall–Kier alpha value is -1.98. The van der Waals surface area contributed by atoms with Crippen molar-refractivity contribution in [3.63, 3.8) is 0 Å². The van der Waals surface area contributed by atoms with Crippen molar-refractivity contribution in [1.29, 1.82) is 0 Å². The Morgan fingerprint density at radius 3 is 2.67 bits per heavy atom. The van der Waals surface area contributed by atoms with Crippen molar-refractivity contribution < 1.29 is 4.39 Å². The van der Waals surface area contributed by atoms with Gasteiger partial charge in [-0.3, -0.25) is 0 Å². The van der Waals surface area contributed by atoms with Gasteiger partial charge in [-0.25, -0.2) is 9.07 Å². The highest BCUT2D eigenvalue weighted by Gasteiger charge is 2.13. The van der Waals surface area contributed by atoms with Crippen LogP contribution in [0.4, 0.5) is 10.1 Å². The standard InChI is InChI=1S/C15H22FN5/c1-2-3-4-5-6-7-10-21-15(18-19-20-21)13-9-8-12(17)11-14(13)16/h8-9,11H,2-7,10,17H2,1H3. The van der Waals surface area contributed by atoms with Crippen LogP contribution in [0, 0.1) is 5.82 Å². The van der Waals surface area contributed by atoms with E-state index in [0.717, 1.165) is 12.8 Å². The van der Waals surface area contributed by atoms with Crippen LogP contribution in [0.2, 0.25) is 0 Å². The molecular weight excluding hydrogens is 269 g/mol. The van der Waals surface area contributed by atoms with Crippen molar-refractivity contribution >= 4 is 5.69 Å². The van der Waals surface area contributed by atoms with Gasteiger partial charge in [0, 0.05) is 12.2 Å². The highest BCUT2D eigenvalue weighted by molar-refractivity contribution is 5.59. The molecule has 1 heterocycles. The second kappa shape index (κ2) is 7.71. The zero-order valence-electron chi connectivity index (χ0n) is 12.4. The van der Waals surface area contributed by atoms with E-state index in [0.29, 0.717) is 23.6 Å². The molecule has 1 aromatic carbocycles. The predicted molar refractivity (Wildman–Crippen MR) is 81.0 cm³/mol. The molecule has 6 heteroatoms. The van der Waals surface area contributed by atoms with Crippen LogP contribution in [0.15, 0.2) is 18.2 Å². The summed E-state index contributed by atoms with van der Waals surface area (Å²) in [5.74, 6) is 0.0649. The third kappa shape index (κ3) is 4.24. The number of hydrogen-bond acceptors (Lipinski definition) is 4. The molecule has 21 heavy (non-hydrogen) atoms. The van der Waals surface area contributed by atoms with Crippen LogP contribution in [0.5, 0.6) is 0 Å². The lowest BCUT2D eigenvalue weighted by Crippen LogP contribution is -2.04. The number of unbranched alkanes of at least 4 members (excludes halogenated alkanes) is 5. The summed E-state index contributed by atoms with van der Waals surface area (Å²) in [7, 11) is 0. The number of benzene rings is 1. The molecule has 0 radical (unpaired) electrons. The molecule has 1 aromatic heterocycles. The van der Waals surface area contributed by atoms with E-state index in [1.165, 1.54) is 31.7 Å². The fourth-order valence-electron chi connectivity index (χ4n) is 2.30. The van der Waals surface area contributed by atoms with Crippen molar-refractivity contribution in [3.05, 3.63) is 24.0 Å². The first-order valence-electron chi connectivity index (χ1n) is 7.54. The summed E-state index contributed by atoms with van der Waals surface area (Å²) in [5.41, 5.74) is 6.34. The number of nitrogens with zero attached hydrogens (tertiary/aromatic N) is 4. The van der Waals surface area contributed by atoms with Gasteiger partial charge in [0.05, 0.1) is 5.56 Å². The molecule has 2 N–H and O–H groups in total. The number of nitrogens with two attached hydrogens (primary N) is 1. The van der Waals surface area contributed by atoms with E-state index in [2.05, 4.69) is 22.4 Å². The normalized spacial score (nSPS) is 11.0. The number of rotatable bonds is 8. The molecular formula is C15H22FN5. The van der Waals surface area contributed by atoms with Gasteiger partial charge < -0.3 is 5.73 Å². The fourth-order valence-corrected chi connectivity index (χ4v) is 2.30. The Balaban J connectivity index is 1.95. The molecule has 0 saturated heterocycles. The molecule has 5 nitrogen and oxygen atoms in total. The molecule has 0 amide bonds. The highest BCUT2D eigenvalue weighted by atomic mass is 19.1. The van der Waals surface area contributed by atoms with E-state index >= 15 is 0 Å². The molecule has 0 aliphatic rings. The third-order valence-electron chi connectivity index (χ3n) is 3.49. The van der Waals surface area contributed by atoms with Crippen molar-refractivity contribution in [1.82, 2.24) is 20.2 Å². The lowest BCUT2D eigenvalue weighted by molar-refractivity contribution is 0.518. The smallest absolute Gasteiger partial charge is 0.184 e. The average molecular weight is 291 g/mol. The summed E-state index contributed by atoms with van der Waals surface area (Å²) in [6.07, 6.45) is 7.16. The quantitative estimate of drug-likeness (QED) is 0.597. The number of hydrogen-bond donors (Lipinski definition) is 1. The van der Waals surface area contributed by atoms with Crippen LogP contribution in [0.25, 0.3) is 11.4 Å². The van der Waals surface area contributed by atoms with Crippen LogP contribution in [0.3, 0.4) is 0 Å². The molecule has 0 saturated carbocycles. The summed E-state index contributed by atoms with van der Waals surface area (Å²) in [6, 6.07) is 4.56. The van der Waals surface area contributed by atoms with Crippen molar-refractivity contribution in [2.24, 2.45) is 0 Å². The van der Waals surface area contributed by atoms with Gasteiger partial charge in [-0.05, 0) is 35.0 Å². The predicted octanol–water partition coefficient (Wildman–Crippen LogP) is 3.42. The monoisotopic (exact) mass is 291 g/mol. The number of anilines is 1. The van der Waals surface area contributed by atoms with E-state index in [9.17, 15) is 4.39 Å². The molecule has 0 bridgehead atoms. The molecule has 0 atom stereocenters. The molecule has 0 spiro atoms. The van der Waals surface area contributed by atoms with Crippen LogP contribution in [-0.4, -0.2) is 20.2 Å². The Kier molecular flexibility index (Phi) is 5.66. The number of aryl methyl sites for hydroxylation is 1. The van der Waals surface area contributed by atoms with E-state index in [1.54, 1.807) is 16.8 Å². The maximum absolute atomic E-state index is 13.9. The van der Waals surface area contributed by atoms with E-state index < -0.39 is 5.82 Å². The summed E-state index contributed by atoms with van der Waals surface area (Å²) in [6.45, 7) is 2.91. The number of nitrogen functional groups attached to an aromatic ring is 1. The summed E-state index contributed by atoms with van der Waals surface area (Å²) < 4.78 is 15.6. The van der Waals surface area contributed by atoms with Gasteiger partial charge in [0.25, 0.3) is 0 Å². The first-order chi connectivity index (χ1) is 10.2. The first kappa shape index (κ1) is 15.4. The second-order valence-electron chi connectivity index (χ2n) is 5.23. The maximum atomic E-state index is 13.9. The Labute approximate surface area is 124 Å². The molecule has 0 unspecified atom stereocenters. The summed E-state index contributed by atoms with van der Waals surface area (Å²) in [5, 5.41) is 11.5. The Bertz CT molecular complexity index is 567. The first-order valence-corrected chi connectivity index (χ1v) is 7.54. The Morgan fingerprint density at radius 2 is 1.90 bits per heavy atom. The minimum atomic E-state index is -0.394. The summed E-state index contributed by atoms with van der Waals surface area (Å²) >= 11 is 0. The van der Waals surface area contributed by atoms with Gasteiger partial charge in [0.2, 0.25) is 0 Å². The summed E-state index contributed by atoms with van der Waals surface area (Å²) in [4.78, 5) is 0. The minimum Gasteiger partial charge on any atom is -0.399 e. The van der Waals surface area contributed by atoms with Crippen molar-refractivity contribution in [3.8, 4) is 11.4 Å². The molecule has 2 aromatic rings. The van der Waals surface area contributed by atoms with Crippen molar-refractivity contribution in [2.75, 3.05) is 5.73 Å². The molecule has 0 fully saturated rings. The van der Waals surface area contributed by atoms with Crippen LogP contribution >= 0.6 is 0 Å². The van der Waals surface area contributed by atoms with E-state index in [4.69, 9.17) is 5.73 Å². The topological polar surface area (TPSA) is 69.6 Å². The van der Waals surface area contributed by atoms with Crippen LogP contribution in [0.1, 0.15) is 45.4 Å². The zero-order valence-corrected chi connectivity index (χ0v) is 12.4.